The number of benzene rings is 7. The molecule has 2 unspecified atom stereocenters. The van der Waals surface area contributed by atoms with Crippen molar-refractivity contribution in [1.29, 1.82) is 0 Å². The summed E-state index contributed by atoms with van der Waals surface area (Å²) in [6.45, 7) is 4.33. The van der Waals surface area contributed by atoms with Crippen molar-refractivity contribution < 1.29 is 0 Å². The number of anilines is 6. The second-order valence-corrected chi connectivity index (χ2v) is 14.9. The van der Waals surface area contributed by atoms with Gasteiger partial charge in [-0.15, -0.1) is 0 Å². The molecule has 54 heavy (non-hydrogen) atoms. The Bertz CT molecular complexity index is 2790. The lowest BCUT2D eigenvalue weighted by molar-refractivity contribution is 0.717. The molecule has 2 heterocycles. The average Bonchev–Trinajstić information content (AvgIpc) is 3.66. The molecule has 0 fully saturated rings. The van der Waals surface area contributed by atoms with Crippen molar-refractivity contribution in [2.24, 2.45) is 7.05 Å². The largest absolute Gasteiger partial charge is 0.365 e. The predicted octanol–water partition coefficient (Wildman–Crippen LogP) is 12.8. The lowest BCUT2D eigenvalue weighted by atomic mass is 9.86. The van der Waals surface area contributed by atoms with Crippen LogP contribution >= 0.6 is 0 Å². The van der Waals surface area contributed by atoms with Crippen molar-refractivity contribution in [3.63, 3.8) is 0 Å². The highest BCUT2D eigenvalue weighted by atomic mass is 15.2. The summed E-state index contributed by atoms with van der Waals surface area (Å²) in [7, 11) is 4.55. The van der Waals surface area contributed by atoms with E-state index in [1.165, 1.54) is 66.3 Å². The number of aromatic nitrogens is 1. The van der Waals surface area contributed by atoms with E-state index in [2.05, 4.69) is 217 Å². The van der Waals surface area contributed by atoms with Crippen LogP contribution in [0.5, 0.6) is 0 Å². The van der Waals surface area contributed by atoms with Crippen LogP contribution in [-0.2, 0) is 7.05 Å². The fraction of sp³-hybridized carbons (Fsp3) is 0.120. The van der Waals surface area contributed by atoms with Crippen molar-refractivity contribution in [3.8, 4) is 0 Å². The van der Waals surface area contributed by atoms with Crippen LogP contribution in [0.2, 0.25) is 0 Å². The number of nitrogens with zero attached hydrogens (tertiary/aromatic N) is 4. The first-order chi connectivity index (χ1) is 26.5. The first-order valence-corrected chi connectivity index (χ1v) is 18.9. The van der Waals surface area contributed by atoms with Crippen molar-refractivity contribution in [2.75, 3.05) is 21.7 Å². The summed E-state index contributed by atoms with van der Waals surface area (Å²) in [5, 5.41) is 5.24. The number of likely N-dealkylation sites (N-methyl/N-ethyl adjacent to an activating group) is 1. The summed E-state index contributed by atoms with van der Waals surface area (Å²) in [5.41, 5.74) is 14.7. The maximum Gasteiger partial charge on any atom is 0.0736 e. The van der Waals surface area contributed by atoms with Gasteiger partial charge in [-0.25, -0.2) is 0 Å². The molecule has 1 aliphatic carbocycles. The van der Waals surface area contributed by atoms with Gasteiger partial charge in [0.2, 0.25) is 0 Å². The van der Waals surface area contributed by atoms with E-state index in [9.17, 15) is 0 Å². The summed E-state index contributed by atoms with van der Waals surface area (Å²) in [6.07, 6.45) is 7.28. The molecule has 0 radical (unpaired) electrons. The van der Waals surface area contributed by atoms with Crippen LogP contribution < -0.4 is 14.7 Å². The third-order valence-electron chi connectivity index (χ3n) is 11.5. The van der Waals surface area contributed by atoms with Gasteiger partial charge in [-0.2, -0.15) is 0 Å². The number of allylic oxidation sites excluding steroid dienone is 1. The summed E-state index contributed by atoms with van der Waals surface area (Å²) >= 11 is 0. The van der Waals surface area contributed by atoms with Crippen molar-refractivity contribution in [3.05, 3.63) is 192 Å². The fourth-order valence-corrected chi connectivity index (χ4v) is 9.15. The van der Waals surface area contributed by atoms with E-state index in [0.717, 1.165) is 22.7 Å². The van der Waals surface area contributed by atoms with Gasteiger partial charge in [0.05, 0.1) is 22.8 Å². The minimum Gasteiger partial charge on any atom is -0.365 e. The average molecular weight is 699 g/mol. The molecule has 2 atom stereocenters. The SMILES string of the molecule is Cc1cccc(N(C2=CC3C(C=C2)c2c(c4c(c5ccccc25)c2ccc(N(c5ccccc5)c5cccc(C)c5)cc2n4C)N3C)c2ccccc2)c1. The topological polar surface area (TPSA) is 14.7 Å². The smallest absolute Gasteiger partial charge is 0.0736 e. The summed E-state index contributed by atoms with van der Waals surface area (Å²) in [5.74, 6) is 0.224. The number of aryl methyl sites for hydroxylation is 3. The van der Waals surface area contributed by atoms with E-state index in [1.54, 1.807) is 0 Å². The first kappa shape index (κ1) is 32.2. The van der Waals surface area contributed by atoms with Gasteiger partial charge in [0, 0.05) is 64.9 Å². The lowest BCUT2D eigenvalue weighted by Gasteiger charge is -2.32. The Morgan fingerprint density at radius 3 is 1.76 bits per heavy atom. The van der Waals surface area contributed by atoms with Gasteiger partial charge in [-0.1, -0.05) is 97.1 Å². The zero-order chi connectivity index (χ0) is 36.5. The molecule has 0 saturated heterocycles. The van der Waals surface area contributed by atoms with Crippen molar-refractivity contribution in [2.45, 2.75) is 25.8 Å². The second-order valence-electron chi connectivity index (χ2n) is 14.9. The Balaban J connectivity index is 1.16. The Morgan fingerprint density at radius 1 is 0.519 bits per heavy atom. The predicted molar refractivity (Wildman–Crippen MR) is 229 cm³/mol. The van der Waals surface area contributed by atoms with E-state index < -0.39 is 0 Å². The van der Waals surface area contributed by atoms with E-state index in [4.69, 9.17) is 0 Å². The molecule has 10 rings (SSSR count). The van der Waals surface area contributed by atoms with Crippen LogP contribution in [0.4, 0.5) is 34.1 Å². The van der Waals surface area contributed by atoms with Crippen LogP contribution in [0.15, 0.2) is 176 Å². The van der Waals surface area contributed by atoms with Gasteiger partial charge in [0.25, 0.3) is 0 Å². The minimum atomic E-state index is 0.161. The van der Waals surface area contributed by atoms with Crippen LogP contribution in [0, 0.1) is 13.8 Å². The van der Waals surface area contributed by atoms with Crippen LogP contribution in [-0.4, -0.2) is 17.7 Å². The Hall–Kier alpha value is -6.52. The summed E-state index contributed by atoms with van der Waals surface area (Å²) < 4.78 is 2.45. The highest BCUT2D eigenvalue weighted by molar-refractivity contribution is 6.26. The lowest BCUT2D eigenvalue weighted by Crippen LogP contribution is -2.32. The van der Waals surface area contributed by atoms with Gasteiger partial charge in [0.15, 0.2) is 0 Å². The molecule has 8 aromatic rings. The molecule has 0 saturated carbocycles. The molecular formula is C50H42N4. The summed E-state index contributed by atoms with van der Waals surface area (Å²) in [4.78, 5) is 7.31. The minimum absolute atomic E-state index is 0.161. The molecule has 1 aliphatic heterocycles. The van der Waals surface area contributed by atoms with Gasteiger partial charge in [-0.05, 0) is 114 Å². The van der Waals surface area contributed by atoms with Crippen LogP contribution in [0.25, 0.3) is 32.6 Å². The highest BCUT2D eigenvalue weighted by Crippen LogP contribution is 2.54. The van der Waals surface area contributed by atoms with E-state index >= 15 is 0 Å². The van der Waals surface area contributed by atoms with Gasteiger partial charge < -0.3 is 19.3 Å². The first-order valence-electron chi connectivity index (χ1n) is 18.9. The van der Waals surface area contributed by atoms with Gasteiger partial charge >= 0.3 is 0 Å². The molecule has 0 N–H and O–H groups in total. The maximum atomic E-state index is 2.54. The van der Waals surface area contributed by atoms with Crippen molar-refractivity contribution in [1.82, 2.24) is 4.57 Å². The molecule has 0 spiro atoms. The number of rotatable bonds is 6. The molecule has 7 aromatic carbocycles. The van der Waals surface area contributed by atoms with E-state index in [0.29, 0.717) is 0 Å². The Labute approximate surface area is 317 Å². The standard InChI is InChI=1S/C50H42N4/c1-33-15-13-21-37(29-33)53(35-17-7-5-8-18-35)39-25-27-43-45(31-39)51(3)49-47(43)41-23-11-12-24-42(41)48-44-28-26-40(32-46(44)52(4)50(48)49)54(36-19-9-6-10-20-36)38-22-14-16-34(2)30-38/h5-32,43,45H,1-4H3. The fourth-order valence-electron chi connectivity index (χ4n) is 9.15. The Morgan fingerprint density at radius 2 is 1.09 bits per heavy atom. The third-order valence-corrected chi connectivity index (χ3v) is 11.5. The van der Waals surface area contributed by atoms with E-state index in [-0.39, 0.29) is 12.0 Å². The number of hydrogen-bond donors (Lipinski definition) is 0. The van der Waals surface area contributed by atoms with Gasteiger partial charge in [-0.3, -0.25) is 0 Å². The molecule has 4 heteroatoms. The number of hydrogen-bond acceptors (Lipinski definition) is 3. The molecule has 0 amide bonds. The zero-order valence-corrected chi connectivity index (χ0v) is 31.1. The van der Waals surface area contributed by atoms with E-state index in [1.807, 2.05) is 0 Å². The molecular weight excluding hydrogens is 657 g/mol. The second kappa shape index (κ2) is 12.6. The zero-order valence-electron chi connectivity index (χ0n) is 31.1. The molecule has 2 aliphatic rings. The molecule has 0 bridgehead atoms. The number of para-hydroxylation sites is 2. The molecule has 4 nitrogen and oxygen atoms in total. The molecule has 1 aromatic heterocycles. The highest BCUT2D eigenvalue weighted by Gasteiger charge is 2.40. The number of fused-ring (bicyclic) bond motifs is 10. The van der Waals surface area contributed by atoms with Crippen LogP contribution in [0.3, 0.4) is 0 Å². The van der Waals surface area contributed by atoms with Gasteiger partial charge in [0.1, 0.15) is 0 Å². The Kier molecular flexibility index (Phi) is 7.48. The molecule has 262 valence electrons. The quantitative estimate of drug-likeness (QED) is 0.172. The maximum absolute atomic E-state index is 2.54. The van der Waals surface area contributed by atoms with Crippen molar-refractivity contribution >= 4 is 66.7 Å². The summed E-state index contributed by atoms with van der Waals surface area (Å²) in [6, 6.07) is 55.3. The van der Waals surface area contributed by atoms with Crippen LogP contribution in [0.1, 0.15) is 22.6 Å². The monoisotopic (exact) mass is 698 g/mol. The third kappa shape index (κ3) is 4.98. The normalized spacial score (nSPS) is 16.1.